The van der Waals surface area contributed by atoms with E-state index in [9.17, 15) is 37.3 Å². The SMILES string of the molecule is Cc1cn([C@H]2C[C@H](F)[C@@H](COP(=O)(O)OP(=O)(O)OC[C@H]3O[C@@H](n4cc(C)c(=S)[nH]c4=O)C[C@@H]3F)O2)c(=O)[nH]c1=S. The fourth-order valence-corrected chi connectivity index (χ4v) is 6.50. The van der Waals surface area contributed by atoms with Crippen molar-refractivity contribution in [2.45, 2.75) is 63.7 Å². The maximum atomic E-state index is 14.5. The minimum Gasteiger partial charge on any atom is -0.349 e. The van der Waals surface area contributed by atoms with Crippen molar-refractivity contribution in [2.75, 3.05) is 13.2 Å². The van der Waals surface area contributed by atoms with Gasteiger partial charge >= 0.3 is 27.0 Å². The molecule has 8 atom stereocenters. The van der Waals surface area contributed by atoms with Crippen LogP contribution in [-0.2, 0) is 32.0 Å². The molecule has 2 aliphatic rings. The predicted molar refractivity (Wildman–Crippen MR) is 141 cm³/mol. The van der Waals surface area contributed by atoms with E-state index in [1.165, 1.54) is 12.4 Å². The van der Waals surface area contributed by atoms with Gasteiger partial charge in [0.1, 0.15) is 46.3 Å². The van der Waals surface area contributed by atoms with Crippen molar-refractivity contribution < 1.29 is 50.5 Å². The molecule has 4 heterocycles. The lowest BCUT2D eigenvalue weighted by Gasteiger charge is -2.20. The highest BCUT2D eigenvalue weighted by Crippen LogP contribution is 2.60. The van der Waals surface area contributed by atoms with Crippen molar-refractivity contribution in [1.29, 1.82) is 0 Å². The van der Waals surface area contributed by atoms with Gasteiger partial charge in [-0.05, 0) is 13.8 Å². The lowest BCUT2D eigenvalue weighted by atomic mass is 10.2. The molecule has 2 aliphatic heterocycles. The van der Waals surface area contributed by atoms with Crippen LogP contribution in [0, 0.1) is 23.1 Å². The number of hydrogen-bond donors (Lipinski definition) is 4. The number of hydrogen-bond acceptors (Lipinski definition) is 11. The molecule has 228 valence electrons. The highest BCUT2D eigenvalue weighted by Gasteiger charge is 2.43. The van der Waals surface area contributed by atoms with E-state index in [1.54, 1.807) is 13.8 Å². The van der Waals surface area contributed by atoms with Crippen LogP contribution in [-0.4, -0.2) is 66.7 Å². The summed E-state index contributed by atoms with van der Waals surface area (Å²) in [6.45, 7) is 1.46. The van der Waals surface area contributed by atoms with Gasteiger partial charge in [-0.2, -0.15) is 4.31 Å². The molecule has 0 bridgehead atoms. The fourth-order valence-electron chi connectivity index (χ4n) is 4.13. The van der Waals surface area contributed by atoms with E-state index in [0.717, 1.165) is 9.13 Å². The quantitative estimate of drug-likeness (QED) is 0.214. The van der Waals surface area contributed by atoms with Gasteiger partial charge < -0.3 is 19.3 Å². The monoisotopic (exact) mass is 662 g/mol. The Hall–Kier alpha value is -1.76. The highest BCUT2D eigenvalue weighted by atomic mass is 32.1. The minimum atomic E-state index is -5.33. The van der Waals surface area contributed by atoms with Crippen LogP contribution in [0.1, 0.15) is 36.4 Å². The summed E-state index contributed by atoms with van der Waals surface area (Å²) in [5.41, 5.74) is -0.262. The zero-order chi connectivity index (χ0) is 30.3. The maximum absolute atomic E-state index is 14.5. The number of ether oxygens (including phenoxy) is 2. The van der Waals surface area contributed by atoms with Crippen molar-refractivity contribution in [3.63, 3.8) is 0 Å². The Labute approximate surface area is 240 Å². The summed E-state index contributed by atoms with van der Waals surface area (Å²) >= 11 is 9.94. The van der Waals surface area contributed by atoms with Crippen molar-refractivity contribution in [3.8, 4) is 0 Å². The number of aryl methyl sites for hydroxylation is 2. The van der Waals surface area contributed by atoms with Crippen molar-refractivity contribution in [2.24, 2.45) is 0 Å². The lowest BCUT2D eigenvalue weighted by Crippen LogP contribution is -2.28. The molecule has 2 aromatic rings. The Morgan fingerprint density at radius 3 is 1.61 bits per heavy atom. The van der Waals surface area contributed by atoms with Gasteiger partial charge in [0, 0.05) is 36.4 Å². The zero-order valence-electron chi connectivity index (χ0n) is 21.4. The number of halogens is 2. The molecule has 2 unspecified atom stereocenters. The average molecular weight is 663 g/mol. The molecule has 4 rings (SSSR count). The number of phosphoric acid groups is 2. The number of aromatic nitrogens is 4. The summed E-state index contributed by atoms with van der Waals surface area (Å²) in [5.74, 6) is 0. The van der Waals surface area contributed by atoms with E-state index in [-0.39, 0.29) is 22.1 Å². The summed E-state index contributed by atoms with van der Waals surface area (Å²) in [5, 5.41) is 0. The number of nitrogens with zero attached hydrogens (tertiary/aromatic N) is 2. The molecule has 41 heavy (non-hydrogen) atoms. The normalized spacial score (nSPS) is 29.3. The highest BCUT2D eigenvalue weighted by molar-refractivity contribution is 7.71. The van der Waals surface area contributed by atoms with Gasteiger partial charge in [0.25, 0.3) is 0 Å². The van der Waals surface area contributed by atoms with Crippen LogP contribution in [0.3, 0.4) is 0 Å². The fraction of sp³-hybridized carbons (Fsp3) is 0.600. The van der Waals surface area contributed by atoms with Gasteiger partial charge in [0.2, 0.25) is 0 Å². The number of H-pyrrole nitrogens is 2. The van der Waals surface area contributed by atoms with E-state index in [1.807, 2.05) is 0 Å². The molecule has 0 aromatic carbocycles. The first-order valence-electron chi connectivity index (χ1n) is 11.9. The molecule has 15 nitrogen and oxygen atoms in total. The smallest absolute Gasteiger partial charge is 0.349 e. The third-order valence-corrected chi connectivity index (χ3v) is 9.70. The van der Waals surface area contributed by atoms with Crippen molar-refractivity contribution in [1.82, 2.24) is 19.1 Å². The van der Waals surface area contributed by atoms with Crippen LogP contribution in [0.4, 0.5) is 8.78 Å². The van der Waals surface area contributed by atoms with E-state index in [2.05, 4.69) is 23.3 Å². The molecule has 0 aliphatic carbocycles. The van der Waals surface area contributed by atoms with Gasteiger partial charge in [-0.25, -0.2) is 27.5 Å². The molecule has 0 amide bonds. The minimum absolute atomic E-state index is 0.197. The van der Waals surface area contributed by atoms with E-state index in [0.29, 0.717) is 11.1 Å². The summed E-state index contributed by atoms with van der Waals surface area (Å²) in [6.07, 6.45) is -6.38. The van der Waals surface area contributed by atoms with Gasteiger partial charge in [-0.15, -0.1) is 0 Å². The maximum Gasteiger partial charge on any atom is 0.481 e. The summed E-state index contributed by atoms with van der Waals surface area (Å²) in [6, 6.07) is 0. The largest absolute Gasteiger partial charge is 0.481 e. The summed E-state index contributed by atoms with van der Waals surface area (Å²) in [7, 11) is -10.7. The third-order valence-electron chi connectivity index (χ3n) is 6.25. The Bertz CT molecular complexity index is 1510. The first kappa shape index (κ1) is 32.2. The molecule has 2 aromatic heterocycles. The average Bonchev–Trinajstić information content (AvgIpc) is 3.42. The van der Waals surface area contributed by atoms with Crippen molar-refractivity contribution in [3.05, 3.63) is 53.8 Å². The molecule has 21 heteroatoms. The van der Waals surface area contributed by atoms with Crippen LogP contribution in [0.15, 0.2) is 22.0 Å². The van der Waals surface area contributed by atoms with Crippen LogP contribution < -0.4 is 11.4 Å². The van der Waals surface area contributed by atoms with Crippen LogP contribution >= 0.6 is 40.1 Å². The zero-order valence-corrected chi connectivity index (χ0v) is 24.8. The molecule has 0 radical (unpaired) electrons. The Balaban J connectivity index is 1.30. The van der Waals surface area contributed by atoms with Crippen molar-refractivity contribution >= 4 is 40.1 Å². The Morgan fingerprint density at radius 2 is 1.24 bits per heavy atom. The number of rotatable bonds is 10. The standard InChI is InChI=1S/C20H26F2N4O11P2S2/c1-9-5-25(19(27)23-17(9)40)15-3-11(21)13(35-15)7-33-38(29,30)37-39(31,32)34-8-14-12(22)4-16(36-14)26-6-10(2)18(41)24-20(26)28/h5-6,11-16H,3-4,7-8H2,1-2H3,(H,29,30)(H,31,32)(H,23,27,40)(H,24,28,41)/t11-,12-,13+,14+,15+,16+/m0/s1. The lowest BCUT2D eigenvalue weighted by molar-refractivity contribution is -0.0388. The molecule has 2 saturated heterocycles. The van der Waals surface area contributed by atoms with Crippen LogP contribution in [0.25, 0.3) is 0 Å². The number of aromatic amines is 2. The van der Waals surface area contributed by atoms with E-state index >= 15 is 0 Å². The van der Waals surface area contributed by atoms with Gasteiger partial charge in [-0.3, -0.25) is 28.1 Å². The summed E-state index contributed by atoms with van der Waals surface area (Å²) in [4.78, 5) is 48.9. The number of nitrogens with one attached hydrogen (secondary N) is 2. The molecular weight excluding hydrogens is 636 g/mol. The molecule has 2 fully saturated rings. The second-order valence-electron chi connectivity index (χ2n) is 9.33. The van der Waals surface area contributed by atoms with Gasteiger partial charge in [0.15, 0.2) is 0 Å². The first-order valence-corrected chi connectivity index (χ1v) is 15.7. The van der Waals surface area contributed by atoms with Crippen LogP contribution in [0.2, 0.25) is 0 Å². The molecule has 0 spiro atoms. The Morgan fingerprint density at radius 1 is 0.878 bits per heavy atom. The van der Waals surface area contributed by atoms with Gasteiger partial charge in [-0.1, -0.05) is 24.4 Å². The third kappa shape index (κ3) is 7.80. The second kappa shape index (κ2) is 12.5. The number of phosphoric ester groups is 2. The van der Waals surface area contributed by atoms with E-state index in [4.69, 9.17) is 33.9 Å². The van der Waals surface area contributed by atoms with E-state index < -0.39 is 77.2 Å². The molecule has 4 N–H and O–H groups in total. The first-order chi connectivity index (χ1) is 19.0. The second-order valence-corrected chi connectivity index (χ2v) is 13.2. The topological polar surface area (TPSA) is 196 Å². The summed E-state index contributed by atoms with van der Waals surface area (Å²) < 4.78 is 80.4. The van der Waals surface area contributed by atoms with Gasteiger partial charge in [0.05, 0.1) is 13.2 Å². The predicted octanol–water partition coefficient (Wildman–Crippen LogP) is 2.94. The number of alkyl halides is 2. The molecular formula is C20H26F2N4O11P2S2. The Kier molecular flexibility index (Phi) is 9.77. The van der Waals surface area contributed by atoms with Crippen LogP contribution in [0.5, 0.6) is 0 Å². The molecule has 0 saturated carbocycles.